The van der Waals surface area contributed by atoms with Crippen LogP contribution in [0.5, 0.6) is 0 Å². The predicted octanol–water partition coefficient (Wildman–Crippen LogP) is 2.05. The second kappa shape index (κ2) is 6.56. The Kier molecular flexibility index (Phi) is 5.61. The Morgan fingerprint density at radius 3 is 2.42 bits per heavy atom. The van der Waals surface area contributed by atoms with Crippen LogP contribution in [0.3, 0.4) is 0 Å². The van der Waals surface area contributed by atoms with Gasteiger partial charge >= 0.3 is 12.1 Å². The number of carbonyl (C=O) groups is 1. The van der Waals surface area contributed by atoms with Crippen molar-refractivity contribution < 1.29 is 32.5 Å². The third-order valence-electron chi connectivity index (χ3n) is 3.17. The van der Waals surface area contributed by atoms with Gasteiger partial charge in [-0.2, -0.15) is 13.2 Å². The van der Waals surface area contributed by atoms with Crippen molar-refractivity contribution >= 4 is 5.97 Å². The molecule has 1 aliphatic carbocycles. The van der Waals surface area contributed by atoms with Crippen molar-refractivity contribution in [1.29, 1.82) is 0 Å². The van der Waals surface area contributed by atoms with Crippen molar-refractivity contribution in [3.63, 3.8) is 0 Å². The molecule has 112 valence electrons. The molecule has 0 heterocycles. The van der Waals surface area contributed by atoms with Crippen LogP contribution in [0.1, 0.15) is 32.6 Å². The molecule has 1 N–H and O–H groups in total. The normalized spacial score (nSPS) is 28.2. The van der Waals surface area contributed by atoms with E-state index in [1.807, 2.05) is 0 Å². The van der Waals surface area contributed by atoms with Crippen molar-refractivity contribution in [2.45, 2.75) is 44.4 Å². The maximum Gasteiger partial charge on any atom is 0.411 e. The summed E-state index contributed by atoms with van der Waals surface area (Å²) >= 11 is 0. The van der Waals surface area contributed by atoms with Gasteiger partial charge in [0.05, 0.1) is 24.7 Å². The molecule has 4 nitrogen and oxygen atoms in total. The van der Waals surface area contributed by atoms with E-state index < -0.39 is 18.4 Å². The van der Waals surface area contributed by atoms with Crippen LogP contribution in [0.25, 0.3) is 0 Å². The summed E-state index contributed by atoms with van der Waals surface area (Å²) in [5.74, 6) is -0.580. The molecule has 0 aliphatic heterocycles. The predicted molar refractivity (Wildman–Crippen MR) is 60.4 cm³/mol. The average Bonchev–Trinajstić information content (AvgIpc) is 2.28. The molecule has 0 amide bonds. The zero-order valence-corrected chi connectivity index (χ0v) is 10.8. The van der Waals surface area contributed by atoms with Gasteiger partial charge in [-0.15, -0.1) is 0 Å². The van der Waals surface area contributed by atoms with Gasteiger partial charge in [-0.1, -0.05) is 0 Å². The Morgan fingerprint density at radius 1 is 1.37 bits per heavy atom. The largest absolute Gasteiger partial charge is 0.466 e. The molecule has 0 aromatic rings. The molecule has 1 fully saturated rings. The first-order valence-corrected chi connectivity index (χ1v) is 6.29. The van der Waals surface area contributed by atoms with E-state index >= 15 is 0 Å². The van der Waals surface area contributed by atoms with Crippen LogP contribution in [0.4, 0.5) is 13.2 Å². The standard InChI is InChI=1S/C12H19F3O4/c1-2-19-10(16)9-3-5-11(17,6-4-9)7-18-8-12(13,14)15/h9,17H,2-8H2,1H3. The average molecular weight is 284 g/mol. The maximum absolute atomic E-state index is 11.9. The third-order valence-corrected chi connectivity index (χ3v) is 3.17. The van der Waals surface area contributed by atoms with Crippen molar-refractivity contribution in [1.82, 2.24) is 0 Å². The molecule has 0 aromatic heterocycles. The van der Waals surface area contributed by atoms with Crippen LogP contribution in [-0.4, -0.2) is 42.7 Å². The Bertz CT molecular complexity index is 296. The Labute approximate surface area is 109 Å². The molecule has 0 spiro atoms. The molecular formula is C12H19F3O4. The number of carbonyl (C=O) groups excluding carboxylic acids is 1. The van der Waals surface area contributed by atoms with E-state index in [2.05, 4.69) is 4.74 Å². The minimum atomic E-state index is -4.39. The zero-order valence-electron chi connectivity index (χ0n) is 10.8. The Balaban J connectivity index is 2.33. The van der Waals surface area contributed by atoms with Crippen molar-refractivity contribution in [2.75, 3.05) is 19.8 Å². The number of hydrogen-bond donors (Lipinski definition) is 1. The summed E-state index contributed by atoms with van der Waals surface area (Å²) in [6, 6.07) is 0. The molecule has 7 heteroatoms. The number of rotatable bonds is 5. The fourth-order valence-corrected chi connectivity index (χ4v) is 2.15. The molecule has 0 saturated heterocycles. The highest BCUT2D eigenvalue weighted by molar-refractivity contribution is 5.72. The lowest BCUT2D eigenvalue weighted by Crippen LogP contribution is -2.41. The topological polar surface area (TPSA) is 55.8 Å². The minimum Gasteiger partial charge on any atom is -0.466 e. The van der Waals surface area contributed by atoms with Crippen LogP contribution in [-0.2, 0) is 14.3 Å². The lowest BCUT2D eigenvalue weighted by atomic mass is 9.79. The van der Waals surface area contributed by atoms with E-state index in [-0.39, 0.29) is 31.3 Å². The van der Waals surface area contributed by atoms with Crippen LogP contribution in [0, 0.1) is 5.92 Å². The van der Waals surface area contributed by atoms with Gasteiger partial charge in [0.25, 0.3) is 0 Å². The second-order valence-corrected chi connectivity index (χ2v) is 4.86. The first kappa shape index (κ1) is 16.2. The van der Waals surface area contributed by atoms with Gasteiger partial charge in [-0.3, -0.25) is 4.79 Å². The molecule has 0 bridgehead atoms. The van der Waals surface area contributed by atoms with E-state index in [4.69, 9.17) is 4.74 Å². The highest BCUT2D eigenvalue weighted by atomic mass is 19.4. The minimum absolute atomic E-state index is 0.244. The van der Waals surface area contributed by atoms with Crippen LogP contribution >= 0.6 is 0 Å². The molecule has 0 unspecified atom stereocenters. The fourth-order valence-electron chi connectivity index (χ4n) is 2.15. The van der Waals surface area contributed by atoms with E-state index in [0.717, 1.165) is 0 Å². The van der Waals surface area contributed by atoms with Crippen LogP contribution in [0.2, 0.25) is 0 Å². The summed E-state index contributed by atoms with van der Waals surface area (Å²) in [4.78, 5) is 11.5. The van der Waals surface area contributed by atoms with Gasteiger partial charge in [0.1, 0.15) is 6.61 Å². The second-order valence-electron chi connectivity index (χ2n) is 4.86. The molecule has 19 heavy (non-hydrogen) atoms. The van der Waals surface area contributed by atoms with Gasteiger partial charge in [-0.05, 0) is 32.6 Å². The van der Waals surface area contributed by atoms with Gasteiger partial charge in [0, 0.05) is 0 Å². The lowest BCUT2D eigenvalue weighted by Gasteiger charge is -2.34. The first-order chi connectivity index (χ1) is 8.76. The number of alkyl halides is 3. The molecule has 1 aliphatic rings. The molecule has 1 rings (SSSR count). The number of hydrogen-bond acceptors (Lipinski definition) is 4. The smallest absolute Gasteiger partial charge is 0.411 e. The summed E-state index contributed by atoms with van der Waals surface area (Å²) < 4.78 is 45.1. The summed E-state index contributed by atoms with van der Waals surface area (Å²) in [7, 11) is 0. The van der Waals surface area contributed by atoms with Gasteiger partial charge in [0.2, 0.25) is 0 Å². The summed E-state index contributed by atoms with van der Waals surface area (Å²) in [6.07, 6.45) is -3.09. The fraction of sp³-hybridized carbons (Fsp3) is 0.917. The van der Waals surface area contributed by atoms with E-state index in [1.54, 1.807) is 6.92 Å². The van der Waals surface area contributed by atoms with Crippen LogP contribution < -0.4 is 0 Å². The van der Waals surface area contributed by atoms with E-state index in [0.29, 0.717) is 19.4 Å². The molecule has 0 aromatic carbocycles. The molecule has 0 atom stereocenters. The summed E-state index contributed by atoms with van der Waals surface area (Å²) in [5.41, 5.74) is -1.27. The third kappa shape index (κ3) is 5.78. The van der Waals surface area contributed by atoms with E-state index in [9.17, 15) is 23.1 Å². The Hall–Kier alpha value is -0.820. The summed E-state index contributed by atoms with van der Waals surface area (Å²) in [6.45, 7) is 0.287. The number of halogens is 3. The van der Waals surface area contributed by atoms with Gasteiger partial charge in [0.15, 0.2) is 0 Å². The number of esters is 1. The van der Waals surface area contributed by atoms with E-state index in [1.165, 1.54) is 0 Å². The lowest BCUT2D eigenvalue weighted by molar-refractivity contribution is -0.190. The molecular weight excluding hydrogens is 265 g/mol. The Morgan fingerprint density at radius 2 is 1.95 bits per heavy atom. The maximum atomic E-state index is 11.9. The zero-order chi connectivity index (χ0) is 14.5. The summed E-state index contributed by atoms with van der Waals surface area (Å²) in [5, 5.41) is 10.1. The highest BCUT2D eigenvalue weighted by Gasteiger charge is 2.37. The number of aliphatic hydroxyl groups is 1. The van der Waals surface area contributed by atoms with Gasteiger partial charge < -0.3 is 14.6 Å². The van der Waals surface area contributed by atoms with Crippen molar-refractivity contribution in [2.24, 2.45) is 5.92 Å². The highest BCUT2D eigenvalue weighted by Crippen LogP contribution is 2.33. The molecule has 1 saturated carbocycles. The first-order valence-electron chi connectivity index (χ1n) is 6.29. The van der Waals surface area contributed by atoms with Gasteiger partial charge in [-0.25, -0.2) is 0 Å². The van der Waals surface area contributed by atoms with Crippen LogP contribution in [0.15, 0.2) is 0 Å². The number of ether oxygens (including phenoxy) is 2. The monoisotopic (exact) mass is 284 g/mol. The quantitative estimate of drug-likeness (QED) is 0.785. The van der Waals surface area contributed by atoms with Crippen molar-refractivity contribution in [3.05, 3.63) is 0 Å². The molecule has 0 radical (unpaired) electrons. The SMILES string of the molecule is CCOC(=O)C1CCC(O)(COCC(F)(F)F)CC1. The van der Waals surface area contributed by atoms with Crippen molar-refractivity contribution in [3.8, 4) is 0 Å².